The van der Waals surface area contributed by atoms with Gasteiger partial charge in [-0.2, -0.15) is 0 Å². The zero-order valence-electron chi connectivity index (χ0n) is 16.5. The van der Waals surface area contributed by atoms with Crippen molar-refractivity contribution >= 4 is 22.2 Å². The standard InChI is InChI=1S/C24H24N2O2S/c1-28-18-13-11-16(12-14-18)15-26-22(17-7-3-2-4-8-17)25-23(27)21-19-9-5-6-10-20(19)29-24(21)26/h2-4,7-8,11-14,22H,5-6,9-10,15H2,1H3,(H,25,27)/t22-/m1/s1. The molecule has 1 amide bonds. The molecule has 1 atom stereocenters. The summed E-state index contributed by atoms with van der Waals surface area (Å²) >= 11 is 1.82. The molecule has 0 bridgehead atoms. The van der Waals surface area contributed by atoms with Gasteiger partial charge in [-0.25, -0.2) is 0 Å². The van der Waals surface area contributed by atoms with E-state index in [1.54, 1.807) is 7.11 Å². The Balaban J connectivity index is 1.59. The maximum absolute atomic E-state index is 13.1. The molecule has 0 saturated heterocycles. The summed E-state index contributed by atoms with van der Waals surface area (Å²) in [5, 5.41) is 4.40. The van der Waals surface area contributed by atoms with Crippen molar-refractivity contribution in [1.82, 2.24) is 5.32 Å². The van der Waals surface area contributed by atoms with Gasteiger partial charge in [0.15, 0.2) is 0 Å². The first-order chi connectivity index (χ1) is 14.2. The summed E-state index contributed by atoms with van der Waals surface area (Å²) in [6.45, 7) is 0.732. The minimum Gasteiger partial charge on any atom is -0.497 e. The molecule has 148 valence electrons. The Labute approximate surface area is 175 Å². The van der Waals surface area contributed by atoms with Crippen LogP contribution >= 0.6 is 11.3 Å². The molecule has 0 saturated carbocycles. The summed E-state index contributed by atoms with van der Waals surface area (Å²) < 4.78 is 5.31. The number of nitrogens with one attached hydrogen (secondary N) is 1. The molecule has 0 fully saturated rings. The molecule has 4 nitrogen and oxygen atoms in total. The first kappa shape index (κ1) is 18.3. The van der Waals surface area contributed by atoms with Crippen molar-refractivity contribution in [2.75, 3.05) is 12.0 Å². The van der Waals surface area contributed by atoms with Crippen molar-refractivity contribution in [2.24, 2.45) is 0 Å². The monoisotopic (exact) mass is 404 g/mol. The Morgan fingerprint density at radius 1 is 1.07 bits per heavy atom. The molecule has 2 aliphatic rings. The Morgan fingerprint density at radius 2 is 1.83 bits per heavy atom. The summed E-state index contributed by atoms with van der Waals surface area (Å²) in [5.41, 5.74) is 4.48. The van der Waals surface area contributed by atoms with Gasteiger partial charge in [-0.3, -0.25) is 4.79 Å². The van der Waals surface area contributed by atoms with Crippen LogP contribution in [0.2, 0.25) is 0 Å². The summed E-state index contributed by atoms with van der Waals surface area (Å²) in [7, 11) is 1.68. The van der Waals surface area contributed by atoms with E-state index in [4.69, 9.17) is 4.74 Å². The number of anilines is 1. The molecule has 0 radical (unpaired) electrons. The molecule has 2 aromatic carbocycles. The number of methoxy groups -OCH3 is 1. The maximum Gasteiger partial charge on any atom is 0.256 e. The van der Waals surface area contributed by atoms with Crippen molar-refractivity contribution in [3.05, 3.63) is 81.7 Å². The molecule has 0 unspecified atom stereocenters. The molecule has 1 aliphatic heterocycles. The fraction of sp³-hybridized carbons (Fsp3) is 0.292. The Bertz CT molecular complexity index is 1030. The normalized spacial score (nSPS) is 18.0. The number of aryl methyl sites for hydroxylation is 1. The molecule has 0 spiro atoms. The Morgan fingerprint density at radius 3 is 2.59 bits per heavy atom. The number of amides is 1. The van der Waals surface area contributed by atoms with E-state index >= 15 is 0 Å². The van der Waals surface area contributed by atoms with Crippen LogP contribution in [-0.4, -0.2) is 13.0 Å². The fourth-order valence-corrected chi connectivity index (χ4v) is 5.78. The minimum absolute atomic E-state index is 0.0687. The van der Waals surface area contributed by atoms with Gasteiger partial charge in [0.2, 0.25) is 0 Å². The van der Waals surface area contributed by atoms with E-state index in [1.807, 2.05) is 41.7 Å². The van der Waals surface area contributed by atoms with E-state index in [0.717, 1.165) is 41.3 Å². The van der Waals surface area contributed by atoms with Crippen molar-refractivity contribution in [3.8, 4) is 5.75 Å². The van der Waals surface area contributed by atoms with Gasteiger partial charge < -0.3 is 15.0 Å². The van der Waals surface area contributed by atoms with Crippen LogP contribution < -0.4 is 15.0 Å². The Kier molecular flexibility index (Phi) is 4.76. The van der Waals surface area contributed by atoms with E-state index in [1.165, 1.54) is 28.8 Å². The van der Waals surface area contributed by atoms with Crippen LogP contribution in [0, 0.1) is 0 Å². The van der Waals surface area contributed by atoms with Gasteiger partial charge in [0.1, 0.15) is 16.9 Å². The van der Waals surface area contributed by atoms with Crippen LogP contribution in [0.3, 0.4) is 0 Å². The lowest BCUT2D eigenvalue weighted by atomic mass is 9.94. The van der Waals surface area contributed by atoms with E-state index in [2.05, 4.69) is 34.5 Å². The summed E-state index contributed by atoms with van der Waals surface area (Å²) in [6, 6.07) is 18.4. The average Bonchev–Trinajstić information content (AvgIpc) is 3.17. The van der Waals surface area contributed by atoms with Gasteiger partial charge in [-0.05, 0) is 54.5 Å². The second-order valence-electron chi connectivity index (χ2n) is 7.65. The first-order valence-electron chi connectivity index (χ1n) is 10.1. The van der Waals surface area contributed by atoms with Crippen LogP contribution in [0.5, 0.6) is 5.75 Å². The van der Waals surface area contributed by atoms with E-state index < -0.39 is 0 Å². The van der Waals surface area contributed by atoms with E-state index in [-0.39, 0.29) is 12.1 Å². The number of fused-ring (bicyclic) bond motifs is 3. The van der Waals surface area contributed by atoms with Gasteiger partial charge in [0, 0.05) is 11.4 Å². The summed E-state index contributed by atoms with van der Waals surface area (Å²) in [5.74, 6) is 0.923. The molecule has 1 aliphatic carbocycles. The highest BCUT2D eigenvalue weighted by Gasteiger charge is 2.37. The van der Waals surface area contributed by atoms with Gasteiger partial charge >= 0.3 is 0 Å². The zero-order valence-corrected chi connectivity index (χ0v) is 17.3. The third-order valence-corrected chi connectivity index (χ3v) is 7.18. The lowest BCUT2D eigenvalue weighted by molar-refractivity contribution is 0.0925. The maximum atomic E-state index is 13.1. The van der Waals surface area contributed by atoms with Crippen LogP contribution in [0.1, 0.15) is 50.9 Å². The van der Waals surface area contributed by atoms with Crippen LogP contribution in [-0.2, 0) is 19.4 Å². The van der Waals surface area contributed by atoms with Crippen molar-refractivity contribution in [1.29, 1.82) is 0 Å². The molecular formula is C24H24N2O2S. The average molecular weight is 405 g/mol. The second kappa shape index (κ2) is 7.56. The third-order valence-electron chi connectivity index (χ3n) is 5.85. The number of benzene rings is 2. The third kappa shape index (κ3) is 3.29. The molecule has 1 N–H and O–H groups in total. The van der Waals surface area contributed by atoms with Gasteiger partial charge in [-0.1, -0.05) is 42.5 Å². The zero-order chi connectivity index (χ0) is 19.8. The van der Waals surface area contributed by atoms with Crippen molar-refractivity contribution < 1.29 is 9.53 Å². The molecule has 5 heteroatoms. The number of thiophene rings is 1. The molecule has 5 rings (SSSR count). The van der Waals surface area contributed by atoms with Gasteiger partial charge in [0.25, 0.3) is 5.91 Å². The molecule has 29 heavy (non-hydrogen) atoms. The highest BCUT2D eigenvalue weighted by atomic mass is 32.1. The SMILES string of the molecule is COc1ccc(CN2c3sc4c(c3C(=O)N[C@H]2c2ccccc2)CCCC4)cc1. The topological polar surface area (TPSA) is 41.6 Å². The predicted octanol–water partition coefficient (Wildman–Crippen LogP) is 5.08. The summed E-state index contributed by atoms with van der Waals surface area (Å²) in [6.07, 6.45) is 4.32. The van der Waals surface area contributed by atoms with Crippen LogP contribution in [0.25, 0.3) is 0 Å². The Hall–Kier alpha value is -2.79. The van der Waals surface area contributed by atoms with Crippen molar-refractivity contribution in [2.45, 2.75) is 38.4 Å². The van der Waals surface area contributed by atoms with E-state index in [9.17, 15) is 4.79 Å². The smallest absolute Gasteiger partial charge is 0.256 e. The molecule has 1 aromatic heterocycles. The number of carbonyl (C=O) groups is 1. The highest BCUT2D eigenvalue weighted by molar-refractivity contribution is 7.16. The lowest BCUT2D eigenvalue weighted by Crippen LogP contribution is -2.45. The predicted molar refractivity (Wildman–Crippen MR) is 117 cm³/mol. The number of hydrogen-bond acceptors (Lipinski definition) is 4. The minimum atomic E-state index is -0.168. The highest BCUT2D eigenvalue weighted by Crippen LogP contribution is 2.45. The lowest BCUT2D eigenvalue weighted by Gasteiger charge is -2.38. The quantitative estimate of drug-likeness (QED) is 0.659. The fourth-order valence-electron chi connectivity index (χ4n) is 4.37. The van der Waals surface area contributed by atoms with Crippen LogP contribution in [0.4, 0.5) is 5.00 Å². The van der Waals surface area contributed by atoms with Gasteiger partial charge in [-0.15, -0.1) is 11.3 Å². The number of carbonyl (C=O) groups excluding carboxylic acids is 1. The number of rotatable bonds is 4. The molecule has 3 aromatic rings. The van der Waals surface area contributed by atoms with E-state index in [0.29, 0.717) is 0 Å². The van der Waals surface area contributed by atoms with Crippen molar-refractivity contribution in [3.63, 3.8) is 0 Å². The van der Waals surface area contributed by atoms with Gasteiger partial charge in [0.05, 0.1) is 12.7 Å². The summed E-state index contributed by atoms with van der Waals surface area (Å²) in [4.78, 5) is 16.9. The molecular weight excluding hydrogens is 380 g/mol. The number of ether oxygens (including phenoxy) is 1. The largest absolute Gasteiger partial charge is 0.497 e. The second-order valence-corrected chi connectivity index (χ2v) is 8.74. The number of hydrogen-bond donors (Lipinski definition) is 1. The van der Waals surface area contributed by atoms with Crippen LogP contribution in [0.15, 0.2) is 54.6 Å². The first-order valence-corrected chi connectivity index (χ1v) is 11.0. The molecule has 2 heterocycles. The number of nitrogens with zero attached hydrogens (tertiary/aromatic N) is 1.